The standard InChI is InChI=1S/C14H17N5O2/c1-10-16-17-18-19(10)8-14(20)15-7-11-6-12-4-2-3-5-13(12)21-9-11/h2-5,11H,6-9H2,1H3,(H,15,20). The Balaban J connectivity index is 1.50. The lowest BCUT2D eigenvalue weighted by Gasteiger charge is -2.25. The summed E-state index contributed by atoms with van der Waals surface area (Å²) in [5.41, 5.74) is 1.19. The fourth-order valence-corrected chi connectivity index (χ4v) is 2.37. The Morgan fingerprint density at radius 2 is 2.33 bits per heavy atom. The zero-order valence-electron chi connectivity index (χ0n) is 11.8. The van der Waals surface area contributed by atoms with Crippen LogP contribution in [0.5, 0.6) is 5.75 Å². The molecule has 3 rings (SSSR count). The summed E-state index contributed by atoms with van der Waals surface area (Å²) in [7, 11) is 0. The Morgan fingerprint density at radius 1 is 1.48 bits per heavy atom. The molecule has 1 N–H and O–H groups in total. The molecule has 0 spiro atoms. The van der Waals surface area contributed by atoms with Gasteiger partial charge in [-0.1, -0.05) is 18.2 Å². The van der Waals surface area contributed by atoms with E-state index in [1.807, 2.05) is 18.2 Å². The van der Waals surface area contributed by atoms with Crippen molar-refractivity contribution >= 4 is 5.91 Å². The third-order valence-electron chi connectivity index (χ3n) is 3.55. The highest BCUT2D eigenvalue weighted by Gasteiger charge is 2.20. The van der Waals surface area contributed by atoms with Crippen LogP contribution in [0.1, 0.15) is 11.4 Å². The summed E-state index contributed by atoms with van der Waals surface area (Å²) in [6.07, 6.45) is 0.917. The molecule has 1 aromatic heterocycles. The number of hydrogen-bond donors (Lipinski definition) is 1. The van der Waals surface area contributed by atoms with Crippen LogP contribution in [0.2, 0.25) is 0 Å². The van der Waals surface area contributed by atoms with E-state index in [2.05, 4.69) is 26.9 Å². The van der Waals surface area contributed by atoms with Gasteiger partial charge in [-0.3, -0.25) is 4.79 Å². The SMILES string of the molecule is Cc1nnnn1CC(=O)NCC1COc2ccccc2C1. The Kier molecular flexibility index (Phi) is 3.81. The fourth-order valence-electron chi connectivity index (χ4n) is 2.37. The van der Waals surface area contributed by atoms with Gasteiger partial charge in [0.25, 0.3) is 0 Å². The van der Waals surface area contributed by atoms with Crippen LogP contribution in [0.3, 0.4) is 0 Å². The topological polar surface area (TPSA) is 81.9 Å². The molecule has 0 bridgehead atoms. The van der Waals surface area contributed by atoms with Crippen molar-refractivity contribution in [2.45, 2.75) is 19.9 Å². The highest BCUT2D eigenvalue weighted by Crippen LogP contribution is 2.26. The van der Waals surface area contributed by atoms with Crippen LogP contribution < -0.4 is 10.1 Å². The lowest BCUT2D eigenvalue weighted by Crippen LogP contribution is -2.36. The fraction of sp³-hybridized carbons (Fsp3) is 0.429. The highest BCUT2D eigenvalue weighted by atomic mass is 16.5. The van der Waals surface area contributed by atoms with E-state index in [-0.39, 0.29) is 12.5 Å². The Labute approximate surface area is 122 Å². The molecule has 7 heteroatoms. The molecule has 1 atom stereocenters. The van der Waals surface area contributed by atoms with Gasteiger partial charge in [-0.15, -0.1) is 5.10 Å². The van der Waals surface area contributed by atoms with E-state index >= 15 is 0 Å². The molecular formula is C14H17N5O2. The molecule has 0 radical (unpaired) electrons. The average Bonchev–Trinajstić information content (AvgIpc) is 2.90. The molecule has 1 amide bonds. The van der Waals surface area contributed by atoms with Gasteiger partial charge in [0, 0.05) is 12.5 Å². The first-order valence-electron chi connectivity index (χ1n) is 6.92. The van der Waals surface area contributed by atoms with E-state index < -0.39 is 0 Å². The zero-order valence-corrected chi connectivity index (χ0v) is 11.8. The van der Waals surface area contributed by atoms with Gasteiger partial charge in [-0.25, -0.2) is 4.68 Å². The van der Waals surface area contributed by atoms with Crippen LogP contribution >= 0.6 is 0 Å². The van der Waals surface area contributed by atoms with Crippen molar-refractivity contribution < 1.29 is 9.53 Å². The number of nitrogens with zero attached hydrogens (tertiary/aromatic N) is 4. The number of ether oxygens (including phenoxy) is 1. The Morgan fingerprint density at radius 3 is 3.14 bits per heavy atom. The number of rotatable bonds is 4. The van der Waals surface area contributed by atoms with Crippen molar-refractivity contribution in [3.05, 3.63) is 35.7 Å². The second kappa shape index (κ2) is 5.90. The van der Waals surface area contributed by atoms with Crippen LogP contribution in [-0.2, 0) is 17.8 Å². The third kappa shape index (κ3) is 3.18. The van der Waals surface area contributed by atoms with Gasteiger partial charge >= 0.3 is 0 Å². The summed E-state index contributed by atoms with van der Waals surface area (Å²) < 4.78 is 7.18. The first-order valence-corrected chi connectivity index (χ1v) is 6.92. The van der Waals surface area contributed by atoms with Crippen molar-refractivity contribution in [3.63, 3.8) is 0 Å². The first kappa shape index (κ1) is 13.5. The third-order valence-corrected chi connectivity index (χ3v) is 3.55. The number of hydrogen-bond acceptors (Lipinski definition) is 5. The van der Waals surface area contributed by atoms with Gasteiger partial charge in [0.05, 0.1) is 6.61 Å². The van der Waals surface area contributed by atoms with E-state index in [9.17, 15) is 4.79 Å². The van der Waals surface area contributed by atoms with Gasteiger partial charge in [-0.05, 0) is 35.4 Å². The number of fused-ring (bicyclic) bond motifs is 1. The lowest BCUT2D eigenvalue weighted by atomic mass is 9.97. The maximum Gasteiger partial charge on any atom is 0.241 e. The molecule has 1 aromatic carbocycles. The molecule has 21 heavy (non-hydrogen) atoms. The van der Waals surface area contributed by atoms with E-state index in [1.165, 1.54) is 10.2 Å². The minimum atomic E-state index is -0.0933. The van der Waals surface area contributed by atoms with Crippen molar-refractivity contribution in [2.24, 2.45) is 5.92 Å². The molecule has 0 aliphatic carbocycles. The number of carbonyl (C=O) groups is 1. The van der Waals surface area contributed by atoms with Gasteiger partial charge in [0.1, 0.15) is 18.1 Å². The monoisotopic (exact) mass is 287 g/mol. The van der Waals surface area contributed by atoms with Crippen LogP contribution in [0.15, 0.2) is 24.3 Å². The van der Waals surface area contributed by atoms with E-state index in [4.69, 9.17) is 4.74 Å². The maximum atomic E-state index is 11.9. The van der Waals surface area contributed by atoms with E-state index in [0.717, 1.165) is 12.2 Å². The molecule has 0 saturated carbocycles. The first-order chi connectivity index (χ1) is 10.2. The average molecular weight is 287 g/mol. The predicted molar refractivity (Wildman–Crippen MR) is 74.7 cm³/mol. The quantitative estimate of drug-likeness (QED) is 0.877. The molecule has 2 heterocycles. The number of para-hydroxylation sites is 1. The number of carbonyl (C=O) groups excluding carboxylic acids is 1. The summed E-state index contributed by atoms with van der Waals surface area (Å²) >= 11 is 0. The lowest BCUT2D eigenvalue weighted by molar-refractivity contribution is -0.122. The number of aromatic nitrogens is 4. The Hall–Kier alpha value is -2.44. The van der Waals surface area contributed by atoms with E-state index in [1.54, 1.807) is 6.92 Å². The summed E-state index contributed by atoms with van der Waals surface area (Å²) in [4.78, 5) is 11.9. The van der Waals surface area contributed by atoms with Gasteiger partial charge in [-0.2, -0.15) is 0 Å². The normalized spacial score (nSPS) is 16.9. The van der Waals surface area contributed by atoms with Crippen LogP contribution in [0.25, 0.3) is 0 Å². The Bertz CT molecular complexity index is 640. The number of tetrazole rings is 1. The van der Waals surface area contributed by atoms with E-state index in [0.29, 0.717) is 24.9 Å². The van der Waals surface area contributed by atoms with Crippen molar-refractivity contribution in [1.29, 1.82) is 0 Å². The number of benzene rings is 1. The predicted octanol–water partition coefficient (Wildman–Crippen LogP) is 0.349. The minimum absolute atomic E-state index is 0.0933. The van der Waals surface area contributed by atoms with Crippen molar-refractivity contribution in [3.8, 4) is 5.75 Å². The van der Waals surface area contributed by atoms with Gasteiger partial charge in [0.15, 0.2) is 0 Å². The molecule has 110 valence electrons. The van der Waals surface area contributed by atoms with Crippen molar-refractivity contribution in [2.75, 3.05) is 13.2 Å². The van der Waals surface area contributed by atoms with Gasteiger partial charge in [0.2, 0.25) is 5.91 Å². The summed E-state index contributed by atoms with van der Waals surface area (Å²) in [5, 5.41) is 13.9. The summed E-state index contributed by atoms with van der Waals surface area (Å²) in [5.74, 6) is 1.77. The second-order valence-corrected chi connectivity index (χ2v) is 5.18. The van der Waals surface area contributed by atoms with Gasteiger partial charge < -0.3 is 10.1 Å². The number of amides is 1. The summed E-state index contributed by atoms with van der Waals surface area (Å²) in [6.45, 7) is 3.12. The molecule has 1 unspecified atom stereocenters. The number of aryl methyl sites for hydroxylation is 1. The largest absolute Gasteiger partial charge is 0.493 e. The highest BCUT2D eigenvalue weighted by molar-refractivity contribution is 5.75. The number of nitrogens with one attached hydrogen (secondary N) is 1. The molecule has 0 fully saturated rings. The molecular weight excluding hydrogens is 270 g/mol. The van der Waals surface area contributed by atoms with Crippen LogP contribution in [0, 0.1) is 12.8 Å². The van der Waals surface area contributed by atoms with Crippen LogP contribution in [0.4, 0.5) is 0 Å². The minimum Gasteiger partial charge on any atom is -0.493 e. The van der Waals surface area contributed by atoms with Crippen molar-refractivity contribution in [1.82, 2.24) is 25.5 Å². The summed E-state index contributed by atoms with van der Waals surface area (Å²) in [6, 6.07) is 8.01. The van der Waals surface area contributed by atoms with Crippen LogP contribution in [-0.4, -0.2) is 39.3 Å². The molecule has 1 aliphatic rings. The smallest absolute Gasteiger partial charge is 0.241 e. The second-order valence-electron chi connectivity index (χ2n) is 5.18. The molecule has 2 aromatic rings. The molecule has 0 saturated heterocycles. The zero-order chi connectivity index (χ0) is 14.7. The maximum absolute atomic E-state index is 11.9. The molecule has 1 aliphatic heterocycles. The molecule has 7 nitrogen and oxygen atoms in total.